The Morgan fingerprint density at radius 1 is 1.50 bits per heavy atom. The zero-order valence-electron chi connectivity index (χ0n) is 14.3. The summed E-state index contributed by atoms with van der Waals surface area (Å²) in [5.74, 6) is -0.279. The molecule has 1 N–H and O–H groups in total. The van der Waals surface area contributed by atoms with E-state index in [2.05, 4.69) is 11.2 Å². The Labute approximate surface area is 155 Å². The Balaban J connectivity index is 1.90. The Kier molecular flexibility index (Phi) is 4.06. The molecule has 2 aliphatic rings. The van der Waals surface area contributed by atoms with Gasteiger partial charge in [0.2, 0.25) is 5.91 Å². The van der Waals surface area contributed by atoms with Gasteiger partial charge in [0.05, 0.1) is 16.3 Å². The smallest absolute Gasteiger partial charge is 0.248 e. The van der Waals surface area contributed by atoms with Gasteiger partial charge in [-0.15, -0.1) is 0 Å². The number of hydrogen-bond donors (Lipinski definition) is 1. The van der Waals surface area contributed by atoms with Gasteiger partial charge in [-0.2, -0.15) is 10.4 Å². The van der Waals surface area contributed by atoms with E-state index in [4.69, 9.17) is 11.6 Å². The fourth-order valence-corrected chi connectivity index (χ4v) is 4.15. The predicted molar refractivity (Wildman–Crippen MR) is 97.3 cm³/mol. The van der Waals surface area contributed by atoms with Gasteiger partial charge < -0.3 is 10.0 Å². The zero-order chi connectivity index (χ0) is 18.4. The lowest BCUT2D eigenvalue weighted by Gasteiger charge is -2.28. The van der Waals surface area contributed by atoms with E-state index < -0.39 is 6.61 Å². The quantitative estimate of drug-likeness (QED) is 0.880. The maximum atomic E-state index is 12.0. The van der Waals surface area contributed by atoms with E-state index in [-0.39, 0.29) is 5.91 Å². The topological polar surface area (TPSA) is 82.2 Å². The first-order valence-electron chi connectivity index (χ1n) is 8.39. The number of fused-ring (bicyclic) bond motifs is 2. The van der Waals surface area contributed by atoms with Crippen LogP contribution < -0.4 is 0 Å². The van der Waals surface area contributed by atoms with Crippen molar-refractivity contribution in [2.45, 2.75) is 12.8 Å². The molecule has 7 heteroatoms. The standard InChI is InChI=1S/C19H17ClN4O2/c1-23-4-3-17(22-23)13-7-16(20)14(8-21)12-6-11-2-5-24(18(26)10-25)9-15(11)19(12)13/h3-4,7,25H,2,5-6,9-10H2,1H3. The number of rotatable bonds is 2. The lowest BCUT2D eigenvalue weighted by molar-refractivity contribution is -0.133. The van der Waals surface area contributed by atoms with Crippen molar-refractivity contribution >= 4 is 23.1 Å². The monoisotopic (exact) mass is 368 g/mol. The summed E-state index contributed by atoms with van der Waals surface area (Å²) in [4.78, 5) is 13.6. The summed E-state index contributed by atoms with van der Waals surface area (Å²) in [6, 6.07) is 5.94. The first-order valence-corrected chi connectivity index (χ1v) is 8.76. The number of nitrogens with zero attached hydrogens (tertiary/aromatic N) is 4. The molecule has 4 rings (SSSR count). The van der Waals surface area contributed by atoms with Crippen LogP contribution in [0.3, 0.4) is 0 Å². The van der Waals surface area contributed by atoms with Crippen molar-refractivity contribution in [2.75, 3.05) is 19.7 Å². The van der Waals surface area contributed by atoms with Crippen molar-refractivity contribution in [1.82, 2.24) is 14.7 Å². The van der Waals surface area contributed by atoms with Crippen LogP contribution in [0.15, 0.2) is 23.9 Å². The van der Waals surface area contributed by atoms with E-state index in [0.29, 0.717) is 30.1 Å². The van der Waals surface area contributed by atoms with Gasteiger partial charge in [0.15, 0.2) is 0 Å². The summed E-state index contributed by atoms with van der Waals surface area (Å²) in [6.45, 7) is 0.529. The average Bonchev–Trinajstić information content (AvgIpc) is 3.23. The van der Waals surface area contributed by atoms with Crippen LogP contribution in [0.5, 0.6) is 0 Å². The molecule has 0 spiro atoms. The SMILES string of the molecule is Cn1ccc(-c2cc(Cl)c(C#N)c3c2C2=C(CCN(C(=O)CO)C2)C3)n1. The Bertz CT molecular complexity index is 1000. The van der Waals surface area contributed by atoms with Crippen LogP contribution in [0.2, 0.25) is 5.02 Å². The van der Waals surface area contributed by atoms with E-state index in [0.717, 1.165) is 34.4 Å². The number of nitriles is 1. The normalized spacial score (nSPS) is 15.7. The number of aliphatic hydroxyl groups is 1. The third-order valence-corrected chi connectivity index (χ3v) is 5.42. The second kappa shape index (κ2) is 6.27. The number of amides is 1. The zero-order valence-corrected chi connectivity index (χ0v) is 15.0. The molecule has 1 aromatic heterocycles. The van der Waals surface area contributed by atoms with Crippen LogP contribution in [-0.4, -0.2) is 45.4 Å². The maximum Gasteiger partial charge on any atom is 0.248 e. The molecule has 0 bridgehead atoms. The molecule has 6 nitrogen and oxygen atoms in total. The summed E-state index contributed by atoms with van der Waals surface area (Å²) in [5.41, 5.74) is 6.34. The molecular weight excluding hydrogens is 352 g/mol. The van der Waals surface area contributed by atoms with E-state index >= 15 is 0 Å². The largest absolute Gasteiger partial charge is 0.387 e. The highest BCUT2D eigenvalue weighted by Crippen LogP contribution is 2.45. The summed E-state index contributed by atoms with van der Waals surface area (Å²) in [7, 11) is 1.85. The molecule has 2 aromatic rings. The number of aromatic nitrogens is 2. The molecule has 1 aromatic carbocycles. The van der Waals surface area contributed by atoms with Crippen molar-refractivity contribution < 1.29 is 9.90 Å². The number of carbonyl (C=O) groups is 1. The highest BCUT2D eigenvalue weighted by molar-refractivity contribution is 6.32. The minimum absolute atomic E-state index is 0.279. The minimum Gasteiger partial charge on any atom is -0.387 e. The van der Waals surface area contributed by atoms with Crippen LogP contribution in [0.25, 0.3) is 16.8 Å². The highest BCUT2D eigenvalue weighted by Gasteiger charge is 2.33. The molecule has 0 saturated carbocycles. The molecule has 0 fully saturated rings. The molecule has 2 heterocycles. The van der Waals surface area contributed by atoms with Crippen LogP contribution in [0, 0.1) is 11.3 Å². The molecule has 26 heavy (non-hydrogen) atoms. The van der Waals surface area contributed by atoms with Crippen LogP contribution in [-0.2, 0) is 18.3 Å². The van der Waals surface area contributed by atoms with Gasteiger partial charge >= 0.3 is 0 Å². The van der Waals surface area contributed by atoms with Gasteiger partial charge in [-0.1, -0.05) is 17.2 Å². The number of halogens is 1. The summed E-state index contributed by atoms with van der Waals surface area (Å²) in [6.07, 6.45) is 3.27. The third kappa shape index (κ3) is 2.52. The van der Waals surface area contributed by atoms with Crippen molar-refractivity contribution in [3.05, 3.63) is 45.6 Å². The molecule has 1 aliphatic heterocycles. The van der Waals surface area contributed by atoms with Gasteiger partial charge in [-0.05, 0) is 41.7 Å². The Morgan fingerprint density at radius 2 is 2.31 bits per heavy atom. The molecule has 0 unspecified atom stereocenters. The van der Waals surface area contributed by atoms with E-state index in [1.54, 1.807) is 15.6 Å². The second-order valence-electron chi connectivity index (χ2n) is 6.60. The lowest BCUT2D eigenvalue weighted by Crippen LogP contribution is -2.37. The number of benzene rings is 1. The highest BCUT2D eigenvalue weighted by atomic mass is 35.5. The summed E-state index contributed by atoms with van der Waals surface area (Å²) < 4.78 is 1.72. The number of aryl methyl sites for hydroxylation is 1. The molecule has 0 atom stereocenters. The fraction of sp³-hybridized carbons (Fsp3) is 0.316. The number of hydrogen-bond acceptors (Lipinski definition) is 4. The van der Waals surface area contributed by atoms with Gasteiger partial charge in [-0.3, -0.25) is 9.48 Å². The van der Waals surface area contributed by atoms with E-state index in [1.165, 1.54) is 5.57 Å². The average molecular weight is 369 g/mol. The molecule has 0 saturated heterocycles. The molecular formula is C19H17ClN4O2. The molecule has 0 radical (unpaired) electrons. The Morgan fingerprint density at radius 3 is 2.96 bits per heavy atom. The molecule has 1 amide bonds. The van der Waals surface area contributed by atoms with Gasteiger partial charge in [-0.25, -0.2) is 0 Å². The molecule has 1 aliphatic carbocycles. The minimum atomic E-state index is -0.493. The first-order chi connectivity index (χ1) is 12.5. The Hall–Kier alpha value is -2.62. The van der Waals surface area contributed by atoms with Gasteiger partial charge in [0.1, 0.15) is 12.7 Å². The molecule has 132 valence electrons. The third-order valence-electron chi connectivity index (χ3n) is 5.12. The van der Waals surface area contributed by atoms with Gasteiger partial charge in [0.25, 0.3) is 0 Å². The fourth-order valence-electron chi connectivity index (χ4n) is 3.89. The predicted octanol–water partition coefficient (Wildman–Crippen LogP) is 2.15. The van der Waals surface area contributed by atoms with Crippen LogP contribution in [0.1, 0.15) is 23.1 Å². The number of carbonyl (C=O) groups excluding carboxylic acids is 1. The summed E-state index contributed by atoms with van der Waals surface area (Å²) >= 11 is 6.40. The maximum absolute atomic E-state index is 12.0. The van der Waals surface area contributed by atoms with Crippen LogP contribution in [0.4, 0.5) is 0 Å². The van der Waals surface area contributed by atoms with Crippen molar-refractivity contribution in [1.29, 1.82) is 5.26 Å². The van der Waals surface area contributed by atoms with Gasteiger partial charge in [0, 0.05) is 31.9 Å². The lowest BCUT2D eigenvalue weighted by atomic mass is 9.92. The first kappa shape index (κ1) is 16.8. The van der Waals surface area contributed by atoms with Crippen molar-refractivity contribution in [3.63, 3.8) is 0 Å². The van der Waals surface area contributed by atoms with E-state index in [9.17, 15) is 15.2 Å². The van der Waals surface area contributed by atoms with E-state index in [1.807, 2.05) is 19.3 Å². The van der Waals surface area contributed by atoms with Crippen molar-refractivity contribution in [2.24, 2.45) is 7.05 Å². The summed E-state index contributed by atoms with van der Waals surface area (Å²) in [5, 5.41) is 23.7. The van der Waals surface area contributed by atoms with Crippen LogP contribution >= 0.6 is 11.6 Å². The number of aliphatic hydroxyl groups excluding tert-OH is 1. The van der Waals surface area contributed by atoms with Crippen molar-refractivity contribution in [3.8, 4) is 17.3 Å². The second-order valence-corrected chi connectivity index (χ2v) is 7.01.